The molecule has 1 heterocycles. The van der Waals surface area contributed by atoms with Crippen molar-refractivity contribution in [1.82, 2.24) is 9.99 Å². The first-order chi connectivity index (χ1) is 16.6. The predicted molar refractivity (Wildman–Crippen MR) is 134 cm³/mol. The topological polar surface area (TPSA) is 64.8 Å². The number of rotatable bonds is 9. The van der Waals surface area contributed by atoms with Crippen LogP contribution in [0, 0.1) is 0 Å². The molecular weight excluding hydrogens is 450 g/mol. The molecular formula is C27H24ClN3O3. The van der Waals surface area contributed by atoms with Crippen LogP contribution < -0.4 is 14.9 Å². The molecule has 0 saturated heterocycles. The Hall–Kier alpha value is -4.03. The number of nitrogens with zero attached hydrogens (tertiary/aromatic N) is 2. The minimum Gasteiger partial charge on any atom is -0.490 e. The third kappa shape index (κ3) is 5.85. The fourth-order valence-corrected chi connectivity index (χ4v) is 3.47. The van der Waals surface area contributed by atoms with E-state index in [1.165, 1.54) is 0 Å². The molecule has 0 aliphatic heterocycles. The Bertz CT molecular complexity index is 1270. The summed E-state index contributed by atoms with van der Waals surface area (Å²) in [6.45, 7) is 2.79. The van der Waals surface area contributed by atoms with Crippen molar-refractivity contribution >= 4 is 23.7 Å². The normalized spacial score (nSPS) is 10.9. The smallest absolute Gasteiger partial charge is 0.273 e. The van der Waals surface area contributed by atoms with Crippen molar-refractivity contribution < 1.29 is 14.3 Å². The molecule has 0 unspecified atom stereocenters. The minimum absolute atomic E-state index is 0.298. The molecule has 0 aliphatic rings. The summed E-state index contributed by atoms with van der Waals surface area (Å²) in [5, 5.41) is 4.81. The first-order valence-electron chi connectivity index (χ1n) is 10.8. The zero-order chi connectivity index (χ0) is 23.8. The summed E-state index contributed by atoms with van der Waals surface area (Å²) in [7, 11) is 0. The zero-order valence-corrected chi connectivity index (χ0v) is 19.4. The molecule has 0 radical (unpaired) electrons. The molecule has 0 saturated carbocycles. The van der Waals surface area contributed by atoms with Gasteiger partial charge in [-0.15, -0.1) is 0 Å². The zero-order valence-electron chi connectivity index (χ0n) is 18.6. The van der Waals surface area contributed by atoms with E-state index in [2.05, 4.69) is 10.5 Å². The lowest BCUT2D eigenvalue weighted by Crippen LogP contribution is -2.19. The highest BCUT2D eigenvalue weighted by molar-refractivity contribution is 6.30. The van der Waals surface area contributed by atoms with Gasteiger partial charge in [0.1, 0.15) is 6.61 Å². The molecule has 0 spiro atoms. The van der Waals surface area contributed by atoms with Gasteiger partial charge in [-0.1, -0.05) is 35.9 Å². The summed E-state index contributed by atoms with van der Waals surface area (Å²) in [6, 6.07) is 24.2. The van der Waals surface area contributed by atoms with Crippen molar-refractivity contribution in [3.63, 3.8) is 0 Å². The molecule has 1 N–H and O–H groups in total. The van der Waals surface area contributed by atoms with Gasteiger partial charge in [0.25, 0.3) is 5.91 Å². The molecule has 0 fully saturated rings. The summed E-state index contributed by atoms with van der Waals surface area (Å²) in [5.41, 5.74) is 5.67. The number of hydrogen-bond donors (Lipinski definition) is 1. The first-order valence-corrected chi connectivity index (χ1v) is 11.2. The summed E-state index contributed by atoms with van der Waals surface area (Å²) >= 11 is 5.94. The van der Waals surface area contributed by atoms with Gasteiger partial charge in [0.15, 0.2) is 11.5 Å². The van der Waals surface area contributed by atoms with Crippen molar-refractivity contribution in [3.8, 4) is 17.2 Å². The van der Waals surface area contributed by atoms with E-state index in [4.69, 9.17) is 21.1 Å². The van der Waals surface area contributed by atoms with E-state index in [0.717, 1.165) is 16.8 Å². The van der Waals surface area contributed by atoms with Gasteiger partial charge in [0, 0.05) is 17.4 Å². The lowest BCUT2D eigenvalue weighted by Gasteiger charge is -2.13. The average molecular weight is 474 g/mol. The van der Waals surface area contributed by atoms with Crippen LogP contribution in [0.4, 0.5) is 0 Å². The van der Waals surface area contributed by atoms with Crippen molar-refractivity contribution in [3.05, 3.63) is 113 Å². The lowest BCUT2D eigenvalue weighted by atomic mass is 10.1. The number of amides is 1. The molecule has 7 heteroatoms. The van der Waals surface area contributed by atoms with Crippen LogP contribution in [-0.4, -0.2) is 23.3 Å². The highest BCUT2D eigenvalue weighted by atomic mass is 35.5. The van der Waals surface area contributed by atoms with E-state index < -0.39 is 0 Å². The number of nitrogens with one attached hydrogen (secondary N) is 1. The maximum atomic E-state index is 12.7. The van der Waals surface area contributed by atoms with Crippen LogP contribution in [0.5, 0.6) is 11.5 Å². The van der Waals surface area contributed by atoms with E-state index in [-0.39, 0.29) is 5.91 Å². The number of halogens is 1. The van der Waals surface area contributed by atoms with Gasteiger partial charge in [-0.25, -0.2) is 5.43 Å². The van der Waals surface area contributed by atoms with Gasteiger partial charge in [-0.05, 0) is 72.6 Å². The molecule has 34 heavy (non-hydrogen) atoms. The summed E-state index contributed by atoms with van der Waals surface area (Å²) in [5.74, 6) is 0.928. The van der Waals surface area contributed by atoms with E-state index in [0.29, 0.717) is 35.3 Å². The van der Waals surface area contributed by atoms with Crippen molar-refractivity contribution in [2.24, 2.45) is 5.10 Å². The summed E-state index contributed by atoms with van der Waals surface area (Å²) < 4.78 is 13.6. The Morgan fingerprint density at radius 1 is 0.971 bits per heavy atom. The number of carbonyl (C=O) groups is 1. The highest BCUT2D eigenvalue weighted by Crippen LogP contribution is 2.29. The molecule has 6 nitrogen and oxygen atoms in total. The minimum atomic E-state index is -0.298. The summed E-state index contributed by atoms with van der Waals surface area (Å²) in [4.78, 5) is 12.7. The van der Waals surface area contributed by atoms with Crippen molar-refractivity contribution in [2.45, 2.75) is 13.5 Å². The third-order valence-electron chi connectivity index (χ3n) is 4.99. The molecule has 172 valence electrons. The Kier molecular flexibility index (Phi) is 7.63. The van der Waals surface area contributed by atoms with Gasteiger partial charge in [0.2, 0.25) is 0 Å². The van der Waals surface area contributed by atoms with Crippen LogP contribution in [-0.2, 0) is 6.61 Å². The third-order valence-corrected chi connectivity index (χ3v) is 5.24. The van der Waals surface area contributed by atoms with Crippen LogP contribution in [0.15, 0.2) is 96.4 Å². The second-order valence-corrected chi connectivity index (χ2v) is 7.80. The molecule has 1 aromatic heterocycles. The van der Waals surface area contributed by atoms with E-state index >= 15 is 0 Å². The molecule has 3 aromatic carbocycles. The van der Waals surface area contributed by atoms with Gasteiger partial charge in [-0.3, -0.25) is 4.79 Å². The Morgan fingerprint density at radius 3 is 2.50 bits per heavy atom. The maximum absolute atomic E-state index is 12.7. The number of hydrogen-bond acceptors (Lipinski definition) is 4. The SMILES string of the molecule is CCOc1cc(/C=N\NC(=O)c2ccccc2-n2cccc2)ccc1OCc1ccc(Cl)cc1. The van der Waals surface area contributed by atoms with E-state index in [9.17, 15) is 4.79 Å². The molecule has 0 bridgehead atoms. The Balaban J connectivity index is 1.43. The highest BCUT2D eigenvalue weighted by Gasteiger charge is 2.11. The quantitative estimate of drug-likeness (QED) is 0.244. The second-order valence-electron chi connectivity index (χ2n) is 7.36. The predicted octanol–water partition coefficient (Wildman–Crippen LogP) is 5.87. The van der Waals surface area contributed by atoms with Crippen LogP contribution >= 0.6 is 11.6 Å². The molecule has 4 aromatic rings. The molecule has 0 atom stereocenters. The van der Waals surface area contributed by atoms with Crippen LogP contribution in [0.2, 0.25) is 5.02 Å². The van der Waals surface area contributed by atoms with Crippen LogP contribution in [0.3, 0.4) is 0 Å². The first kappa shape index (κ1) is 23.1. The average Bonchev–Trinajstić information content (AvgIpc) is 3.40. The van der Waals surface area contributed by atoms with Gasteiger partial charge in [0.05, 0.1) is 24.1 Å². The van der Waals surface area contributed by atoms with Crippen LogP contribution in [0.1, 0.15) is 28.4 Å². The van der Waals surface area contributed by atoms with Gasteiger partial charge >= 0.3 is 0 Å². The van der Waals surface area contributed by atoms with Crippen LogP contribution in [0.25, 0.3) is 5.69 Å². The largest absolute Gasteiger partial charge is 0.490 e. The van der Waals surface area contributed by atoms with Crippen molar-refractivity contribution in [2.75, 3.05) is 6.61 Å². The summed E-state index contributed by atoms with van der Waals surface area (Å²) in [6.07, 6.45) is 5.35. The fraction of sp³-hybridized carbons (Fsp3) is 0.111. The Labute approximate surface area is 203 Å². The van der Waals surface area contributed by atoms with E-state index in [1.54, 1.807) is 12.3 Å². The van der Waals surface area contributed by atoms with Crippen molar-refractivity contribution in [1.29, 1.82) is 0 Å². The second kappa shape index (κ2) is 11.2. The fourth-order valence-electron chi connectivity index (χ4n) is 3.35. The number of carbonyl (C=O) groups excluding carboxylic acids is 1. The number of aromatic nitrogens is 1. The lowest BCUT2D eigenvalue weighted by molar-refractivity contribution is 0.0955. The Morgan fingerprint density at radius 2 is 1.74 bits per heavy atom. The number of hydrazone groups is 1. The molecule has 1 amide bonds. The van der Waals surface area contributed by atoms with Gasteiger partial charge in [-0.2, -0.15) is 5.10 Å². The molecule has 0 aliphatic carbocycles. The van der Waals surface area contributed by atoms with E-state index in [1.807, 2.05) is 96.7 Å². The number of ether oxygens (including phenoxy) is 2. The number of benzene rings is 3. The standard InChI is InChI=1S/C27H24ClN3O3/c1-2-33-26-17-21(11-14-25(26)34-19-20-9-12-22(28)13-10-20)18-29-30-27(32)23-7-3-4-8-24(23)31-15-5-6-16-31/h3-18H,2,19H2,1H3,(H,30,32)/b29-18-. The molecule has 4 rings (SSSR count). The maximum Gasteiger partial charge on any atom is 0.273 e. The monoisotopic (exact) mass is 473 g/mol. The number of para-hydroxylation sites is 1. The van der Waals surface area contributed by atoms with Gasteiger partial charge < -0.3 is 14.0 Å².